The number of alkyl carbamates (subject to hydrolysis) is 2. The number of carbonyl (C=O) groups is 4. The van der Waals surface area contributed by atoms with Gasteiger partial charge < -0.3 is 44.6 Å². The first kappa shape index (κ1) is 41.5. The van der Waals surface area contributed by atoms with Crippen LogP contribution in [0.3, 0.4) is 0 Å². The van der Waals surface area contributed by atoms with Gasteiger partial charge in [-0.3, -0.25) is 9.59 Å². The quantitative estimate of drug-likeness (QED) is 0.112. The summed E-state index contributed by atoms with van der Waals surface area (Å²) in [6.45, 7) is 8.86. The normalized spacial score (nSPS) is 20.2. The largest absolute Gasteiger partial charge is 0.488 e. The van der Waals surface area contributed by atoms with Crippen molar-refractivity contribution in [2.75, 3.05) is 20.8 Å². The molecule has 63 heavy (non-hydrogen) atoms. The van der Waals surface area contributed by atoms with Crippen LogP contribution in [0.1, 0.15) is 87.9 Å². The number of imidazole rings is 2. The lowest BCUT2D eigenvalue weighted by atomic mass is 9.92. The van der Waals surface area contributed by atoms with E-state index in [1.54, 1.807) is 4.90 Å². The van der Waals surface area contributed by atoms with Crippen LogP contribution in [0.5, 0.6) is 5.75 Å². The molecule has 0 saturated carbocycles. The van der Waals surface area contributed by atoms with Crippen molar-refractivity contribution >= 4 is 45.8 Å². The van der Waals surface area contributed by atoms with Gasteiger partial charge in [-0.25, -0.2) is 19.6 Å². The second-order valence-electron chi connectivity index (χ2n) is 17.4. The molecule has 4 amide bonds. The summed E-state index contributed by atoms with van der Waals surface area (Å²) in [4.78, 5) is 73.3. The molecule has 9 rings (SSSR count). The average Bonchev–Trinajstić information content (AvgIpc) is 4.12. The maximum Gasteiger partial charge on any atom is 0.407 e. The van der Waals surface area contributed by atoms with E-state index in [9.17, 15) is 19.2 Å². The Balaban J connectivity index is 0.967. The maximum atomic E-state index is 14.2. The lowest BCUT2D eigenvalue weighted by Crippen LogP contribution is -2.52. The number of H-pyrrole nitrogens is 2. The third-order valence-corrected chi connectivity index (χ3v) is 12.8. The molecule has 5 heterocycles. The summed E-state index contributed by atoms with van der Waals surface area (Å²) in [5, 5.41) is 7.43. The van der Waals surface area contributed by atoms with Crippen LogP contribution in [0.25, 0.3) is 44.2 Å². The number of aromatic amines is 2. The van der Waals surface area contributed by atoms with Crippen molar-refractivity contribution in [2.24, 2.45) is 11.8 Å². The molecule has 4 N–H and O–H groups in total. The molecule has 6 unspecified atom stereocenters. The van der Waals surface area contributed by atoms with E-state index in [2.05, 4.69) is 63.9 Å². The van der Waals surface area contributed by atoms with Gasteiger partial charge in [-0.1, -0.05) is 69.3 Å². The number of amides is 4. The van der Waals surface area contributed by atoms with Crippen LogP contribution in [0.15, 0.2) is 79.0 Å². The Morgan fingerprint density at radius 3 is 2.38 bits per heavy atom. The lowest BCUT2D eigenvalue weighted by Gasteiger charge is -2.32. The van der Waals surface area contributed by atoms with Crippen LogP contribution >= 0.6 is 0 Å². The Labute approximate surface area is 364 Å². The number of carbonyl (C=O) groups excluding carboxylic acids is 4. The molecule has 0 bridgehead atoms. The molecule has 6 aromatic rings. The highest BCUT2D eigenvalue weighted by Crippen LogP contribution is 2.44. The van der Waals surface area contributed by atoms with E-state index < -0.39 is 24.3 Å². The SMILES string of the molecule is COC(=O)NC(C(=O)N1CC(C)CC1c1ncc(-c2ccc3c(c2)COc2cc4c(ccc5[nH]c(C6CCC(C)N6C(=O)C(NC(=O)OC)C(C)C)nc54)cc2-3)[nH]1)c1ccccc1. The number of ether oxygens (including phenoxy) is 3. The molecule has 3 aliphatic rings. The lowest BCUT2D eigenvalue weighted by molar-refractivity contribution is -0.137. The zero-order chi connectivity index (χ0) is 44.1. The second-order valence-corrected chi connectivity index (χ2v) is 17.4. The second kappa shape index (κ2) is 16.8. The fourth-order valence-corrected chi connectivity index (χ4v) is 9.59. The Morgan fingerprint density at radius 1 is 0.841 bits per heavy atom. The summed E-state index contributed by atoms with van der Waals surface area (Å²) in [6.07, 6.45) is 2.77. The number of hydrogen-bond acceptors (Lipinski definition) is 9. The van der Waals surface area contributed by atoms with Gasteiger partial charge in [0.05, 0.1) is 49.2 Å². The van der Waals surface area contributed by atoms with Gasteiger partial charge in [0.15, 0.2) is 0 Å². The van der Waals surface area contributed by atoms with Crippen molar-refractivity contribution in [3.8, 4) is 28.1 Å². The minimum absolute atomic E-state index is 0.0296. The first-order valence-electron chi connectivity index (χ1n) is 21.6. The average molecular weight is 853 g/mol. The zero-order valence-corrected chi connectivity index (χ0v) is 36.2. The number of hydrogen-bond donors (Lipinski definition) is 4. The molecular formula is C48H52N8O7. The van der Waals surface area contributed by atoms with Crippen LogP contribution in [0.2, 0.25) is 0 Å². The molecule has 15 heteroatoms. The minimum atomic E-state index is -0.907. The van der Waals surface area contributed by atoms with Crippen LogP contribution in [0.4, 0.5) is 9.59 Å². The number of fused-ring (bicyclic) bond motifs is 6. The molecular weight excluding hydrogens is 801 g/mol. The van der Waals surface area contributed by atoms with Crippen molar-refractivity contribution in [3.63, 3.8) is 0 Å². The monoisotopic (exact) mass is 852 g/mol. The van der Waals surface area contributed by atoms with E-state index in [-0.39, 0.29) is 41.8 Å². The third kappa shape index (κ3) is 7.69. The van der Waals surface area contributed by atoms with E-state index in [1.807, 2.05) is 68.3 Å². The van der Waals surface area contributed by atoms with Crippen molar-refractivity contribution in [1.82, 2.24) is 40.4 Å². The fourth-order valence-electron chi connectivity index (χ4n) is 9.59. The number of nitrogens with zero attached hydrogens (tertiary/aromatic N) is 4. The van der Waals surface area contributed by atoms with Gasteiger partial charge in [0.1, 0.15) is 36.1 Å². The topological polar surface area (TPSA) is 184 Å². The first-order chi connectivity index (χ1) is 30.4. The molecule has 4 aromatic carbocycles. The van der Waals surface area contributed by atoms with E-state index in [1.165, 1.54) is 14.2 Å². The van der Waals surface area contributed by atoms with Gasteiger partial charge >= 0.3 is 12.2 Å². The van der Waals surface area contributed by atoms with Crippen LogP contribution in [-0.2, 0) is 25.7 Å². The van der Waals surface area contributed by atoms with Gasteiger partial charge in [-0.05, 0) is 89.9 Å². The van der Waals surface area contributed by atoms with Crippen molar-refractivity contribution in [1.29, 1.82) is 0 Å². The maximum absolute atomic E-state index is 14.2. The molecule has 0 radical (unpaired) electrons. The Hall–Kier alpha value is -6.90. The van der Waals surface area contributed by atoms with Crippen molar-refractivity contribution in [2.45, 2.75) is 83.8 Å². The number of rotatable bonds is 9. The Bertz CT molecular complexity index is 2730. The van der Waals surface area contributed by atoms with Gasteiger partial charge in [-0.2, -0.15) is 0 Å². The summed E-state index contributed by atoms with van der Waals surface area (Å²) in [5.74, 6) is 1.87. The molecule has 0 spiro atoms. The Morgan fingerprint density at radius 2 is 1.62 bits per heavy atom. The van der Waals surface area contributed by atoms with Crippen LogP contribution < -0.4 is 15.4 Å². The smallest absolute Gasteiger partial charge is 0.407 e. The molecule has 15 nitrogen and oxygen atoms in total. The fraction of sp³-hybridized carbons (Fsp3) is 0.375. The van der Waals surface area contributed by atoms with E-state index in [4.69, 9.17) is 24.2 Å². The number of nitrogens with one attached hydrogen (secondary N) is 4. The van der Waals surface area contributed by atoms with Crippen molar-refractivity contribution < 1.29 is 33.4 Å². The molecule has 326 valence electrons. The van der Waals surface area contributed by atoms with Crippen molar-refractivity contribution in [3.05, 3.63) is 102 Å². The summed E-state index contributed by atoms with van der Waals surface area (Å²) in [7, 11) is 2.58. The highest BCUT2D eigenvalue weighted by atomic mass is 16.5. The summed E-state index contributed by atoms with van der Waals surface area (Å²) >= 11 is 0. The van der Waals surface area contributed by atoms with E-state index >= 15 is 0 Å². The molecule has 0 aliphatic carbocycles. The molecule has 3 aliphatic heterocycles. The van der Waals surface area contributed by atoms with Crippen LogP contribution in [0, 0.1) is 11.8 Å². The standard InChI is InChI=1S/C48H52N8O7/c1-25(2)40(53-47(59)61-5)46(58)56-27(4)12-17-37(56)44-50-35-16-14-29-20-34-32-15-13-30(19-31(32)24-63-39(34)21-33(29)42(35)52-44)36-22-49-43(51-36)38-18-26(3)23-55(38)45(57)41(54-48(60)62-6)28-10-8-7-9-11-28/h7-11,13-16,19-22,25-27,37-38,40-41H,12,17-18,23-24H2,1-6H3,(H,49,51)(H,50,52)(H,53,59)(H,54,60). The number of benzene rings is 4. The first-order valence-corrected chi connectivity index (χ1v) is 21.6. The van der Waals surface area contributed by atoms with E-state index in [0.29, 0.717) is 30.4 Å². The minimum Gasteiger partial charge on any atom is -0.488 e. The zero-order valence-electron chi connectivity index (χ0n) is 36.2. The molecule has 2 aromatic heterocycles. The molecule has 6 atom stereocenters. The predicted molar refractivity (Wildman–Crippen MR) is 236 cm³/mol. The highest BCUT2D eigenvalue weighted by molar-refractivity contribution is 6.07. The van der Waals surface area contributed by atoms with E-state index in [0.717, 1.165) is 74.8 Å². The Kier molecular flexibility index (Phi) is 11.0. The summed E-state index contributed by atoms with van der Waals surface area (Å²) < 4.78 is 16.1. The molecule has 2 fully saturated rings. The molecule has 2 saturated heterocycles. The van der Waals surface area contributed by atoms with Gasteiger partial charge in [0, 0.05) is 23.5 Å². The number of likely N-dealkylation sites (tertiary alicyclic amines) is 2. The third-order valence-electron chi connectivity index (χ3n) is 12.8. The number of methoxy groups -OCH3 is 2. The van der Waals surface area contributed by atoms with Gasteiger partial charge in [0.2, 0.25) is 5.91 Å². The van der Waals surface area contributed by atoms with Gasteiger partial charge in [-0.15, -0.1) is 0 Å². The summed E-state index contributed by atoms with van der Waals surface area (Å²) in [5.41, 5.74) is 7.20. The highest BCUT2D eigenvalue weighted by Gasteiger charge is 2.42. The van der Waals surface area contributed by atoms with Crippen LogP contribution in [-0.4, -0.2) is 86.6 Å². The predicted octanol–water partition coefficient (Wildman–Crippen LogP) is 8.11. The number of aromatic nitrogens is 4. The summed E-state index contributed by atoms with van der Waals surface area (Å²) in [6, 6.07) is 21.6. The van der Waals surface area contributed by atoms with Gasteiger partial charge in [0.25, 0.3) is 5.91 Å².